The second-order valence-corrected chi connectivity index (χ2v) is 4.45. The lowest BCUT2D eigenvalue weighted by Crippen LogP contribution is -2.19. The van der Waals surface area contributed by atoms with Crippen molar-refractivity contribution in [3.8, 4) is 5.88 Å². The van der Waals surface area contributed by atoms with Gasteiger partial charge in [-0.1, -0.05) is 6.07 Å². The third-order valence-electron chi connectivity index (χ3n) is 3.01. The van der Waals surface area contributed by atoms with Crippen LogP contribution in [0.3, 0.4) is 0 Å². The van der Waals surface area contributed by atoms with Crippen molar-refractivity contribution < 1.29 is 9.53 Å². The number of rotatable bonds is 5. The van der Waals surface area contributed by atoms with Gasteiger partial charge in [-0.2, -0.15) is 0 Å². The molecule has 1 heterocycles. The van der Waals surface area contributed by atoms with Gasteiger partial charge in [0, 0.05) is 37.2 Å². The van der Waals surface area contributed by atoms with E-state index in [0.717, 1.165) is 5.56 Å². The zero-order chi connectivity index (χ0) is 15.2. The van der Waals surface area contributed by atoms with Gasteiger partial charge in [-0.15, -0.1) is 0 Å². The first-order valence-electron chi connectivity index (χ1n) is 6.48. The molecule has 0 fully saturated rings. The maximum Gasteiger partial charge on any atom is 0.253 e. The van der Waals surface area contributed by atoms with Crippen molar-refractivity contribution in [3.63, 3.8) is 0 Å². The van der Waals surface area contributed by atoms with Gasteiger partial charge in [-0.25, -0.2) is 4.98 Å². The fraction of sp³-hybridized carbons (Fsp3) is 0.200. The minimum Gasteiger partial charge on any atom is -0.481 e. The van der Waals surface area contributed by atoms with E-state index in [0.29, 0.717) is 29.4 Å². The number of hydrogen-bond acceptors (Lipinski definition) is 5. The Hall–Kier alpha value is -2.76. The van der Waals surface area contributed by atoms with E-state index in [1.807, 2.05) is 6.07 Å². The minimum absolute atomic E-state index is 0.162. The maximum atomic E-state index is 11.8. The summed E-state index contributed by atoms with van der Waals surface area (Å²) in [6.45, 7) is 0.532. The van der Waals surface area contributed by atoms with Crippen LogP contribution in [-0.4, -0.2) is 25.0 Å². The molecule has 6 nitrogen and oxygen atoms in total. The summed E-state index contributed by atoms with van der Waals surface area (Å²) >= 11 is 0. The molecule has 1 amide bonds. The van der Waals surface area contributed by atoms with Crippen molar-refractivity contribution in [2.45, 2.75) is 6.54 Å². The van der Waals surface area contributed by atoms with Crippen molar-refractivity contribution >= 4 is 17.3 Å². The van der Waals surface area contributed by atoms with Gasteiger partial charge in [-0.3, -0.25) is 4.79 Å². The second-order valence-electron chi connectivity index (χ2n) is 4.45. The number of aromatic nitrogens is 1. The molecule has 0 saturated heterocycles. The Balaban J connectivity index is 2.14. The SMILES string of the molecule is CNC(=O)c1ccc(N)cc1NCc1ccc(OC)nc1. The van der Waals surface area contributed by atoms with Crippen LogP contribution in [0.4, 0.5) is 11.4 Å². The molecule has 4 N–H and O–H groups in total. The number of benzene rings is 1. The van der Waals surface area contributed by atoms with Crippen LogP contribution in [-0.2, 0) is 6.54 Å². The molecule has 0 aliphatic heterocycles. The molecule has 2 rings (SSSR count). The summed E-state index contributed by atoms with van der Waals surface area (Å²) < 4.78 is 5.01. The van der Waals surface area contributed by atoms with Crippen LogP contribution in [0.15, 0.2) is 36.5 Å². The third-order valence-corrected chi connectivity index (χ3v) is 3.01. The Bertz CT molecular complexity index is 626. The van der Waals surface area contributed by atoms with E-state index in [1.54, 1.807) is 44.6 Å². The van der Waals surface area contributed by atoms with Crippen LogP contribution in [0.2, 0.25) is 0 Å². The van der Waals surface area contributed by atoms with Crippen molar-refractivity contribution in [1.29, 1.82) is 0 Å². The molecule has 1 aromatic heterocycles. The van der Waals surface area contributed by atoms with Gasteiger partial charge in [0.05, 0.1) is 12.7 Å². The maximum absolute atomic E-state index is 11.8. The average molecular weight is 286 g/mol. The number of methoxy groups -OCH3 is 1. The molecule has 0 saturated carbocycles. The number of nitrogens with two attached hydrogens (primary N) is 1. The molecule has 0 aliphatic carbocycles. The molecule has 1 aromatic carbocycles. The van der Waals surface area contributed by atoms with Gasteiger partial charge < -0.3 is 21.1 Å². The van der Waals surface area contributed by atoms with Crippen molar-refractivity contribution in [2.24, 2.45) is 0 Å². The first-order valence-corrected chi connectivity index (χ1v) is 6.48. The molecule has 110 valence electrons. The van der Waals surface area contributed by atoms with Crippen LogP contribution in [0.5, 0.6) is 5.88 Å². The number of pyridine rings is 1. The number of ether oxygens (including phenoxy) is 1. The summed E-state index contributed by atoms with van der Waals surface area (Å²) in [6.07, 6.45) is 1.72. The molecular weight excluding hydrogens is 268 g/mol. The molecule has 2 aromatic rings. The smallest absolute Gasteiger partial charge is 0.253 e. The number of nitrogen functional groups attached to an aromatic ring is 1. The molecule has 6 heteroatoms. The number of carbonyl (C=O) groups is 1. The zero-order valence-electron chi connectivity index (χ0n) is 12.0. The Kier molecular flexibility index (Phi) is 4.61. The fourth-order valence-electron chi connectivity index (χ4n) is 1.87. The van der Waals surface area contributed by atoms with Crippen LogP contribution in [0.1, 0.15) is 15.9 Å². The van der Waals surface area contributed by atoms with E-state index >= 15 is 0 Å². The lowest BCUT2D eigenvalue weighted by Gasteiger charge is -2.12. The minimum atomic E-state index is -0.162. The highest BCUT2D eigenvalue weighted by molar-refractivity contribution is 6.00. The van der Waals surface area contributed by atoms with Gasteiger partial charge in [0.2, 0.25) is 5.88 Å². The number of nitrogens with one attached hydrogen (secondary N) is 2. The molecular formula is C15H18N4O2. The monoisotopic (exact) mass is 286 g/mol. The van der Waals surface area contributed by atoms with Gasteiger partial charge >= 0.3 is 0 Å². The molecule has 0 atom stereocenters. The number of carbonyl (C=O) groups excluding carboxylic acids is 1. The van der Waals surface area contributed by atoms with Crippen molar-refractivity contribution in [2.75, 3.05) is 25.2 Å². The first-order chi connectivity index (χ1) is 10.1. The second kappa shape index (κ2) is 6.60. The fourth-order valence-corrected chi connectivity index (χ4v) is 1.87. The molecule has 0 radical (unpaired) electrons. The summed E-state index contributed by atoms with van der Waals surface area (Å²) in [6, 6.07) is 8.83. The van der Waals surface area contributed by atoms with E-state index in [2.05, 4.69) is 15.6 Å². The van der Waals surface area contributed by atoms with Crippen LogP contribution < -0.4 is 21.1 Å². The molecule has 0 unspecified atom stereocenters. The summed E-state index contributed by atoms with van der Waals surface area (Å²) in [5.41, 5.74) is 8.58. The van der Waals surface area contributed by atoms with Crippen LogP contribution in [0, 0.1) is 0 Å². The van der Waals surface area contributed by atoms with E-state index in [1.165, 1.54) is 0 Å². The van der Waals surface area contributed by atoms with E-state index in [4.69, 9.17) is 10.5 Å². The molecule has 0 aliphatic rings. The Morgan fingerprint density at radius 2 is 2.14 bits per heavy atom. The van der Waals surface area contributed by atoms with Gasteiger partial charge in [0.1, 0.15) is 0 Å². The summed E-state index contributed by atoms with van der Waals surface area (Å²) in [5, 5.41) is 5.81. The van der Waals surface area contributed by atoms with Crippen LogP contribution in [0.25, 0.3) is 0 Å². The van der Waals surface area contributed by atoms with E-state index in [-0.39, 0.29) is 5.91 Å². The average Bonchev–Trinajstić information content (AvgIpc) is 2.52. The van der Waals surface area contributed by atoms with Crippen LogP contribution >= 0.6 is 0 Å². The number of amides is 1. The predicted molar refractivity (Wildman–Crippen MR) is 82.4 cm³/mol. The van der Waals surface area contributed by atoms with E-state index in [9.17, 15) is 4.79 Å². The number of nitrogens with zero attached hydrogens (tertiary/aromatic N) is 1. The normalized spacial score (nSPS) is 10.0. The molecule has 0 bridgehead atoms. The Morgan fingerprint density at radius 3 is 2.76 bits per heavy atom. The topological polar surface area (TPSA) is 89.3 Å². The van der Waals surface area contributed by atoms with E-state index < -0.39 is 0 Å². The highest BCUT2D eigenvalue weighted by atomic mass is 16.5. The van der Waals surface area contributed by atoms with Gasteiger partial charge in [0.25, 0.3) is 5.91 Å². The number of hydrogen-bond donors (Lipinski definition) is 3. The third kappa shape index (κ3) is 3.62. The summed E-state index contributed by atoms with van der Waals surface area (Å²) in [4.78, 5) is 16.0. The largest absolute Gasteiger partial charge is 0.481 e. The number of anilines is 2. The predicted octanol–water partition coefficient (Wildman–Crippen LogP) is 1.64. The Morgan fingerprint density at radius 1 is 1.33 bits per heavy atom. The summed E-state index contributed by atoms with van der Waals surface area (Å²) in [7, 11) is 3.17. The Labute approximate surface area is 123 Å². The highest BCUT2D eigenvalue weighted by Crippen LogP contribution is 2.20. The highest BCUT2D eigenvalue weighted by Gasteiger charge is 2.10. The standard InChI is InChI=1S/C15H18N4O2/c1-17-15(20)12-5-4-11(16)7-13(12)18-8-10-3-6-14(21-2)19-9-10/h3-7,9,18H,8,16H2,1-2H3,(H,17,20). The first kappa shape index (κ1) is 14.6. The lowest BCUT2D eigenvalue weighted by atomic mass is 10.1. The quantitative estimate of drug-likeness (QED) is 0.727. The lowest BCUT2D eigenvalue weighted by molar-refractivity contribution is 0.0964. The van der Waals surface area contributed by atoms with Gasteiger partial charge in [0.15, 0.2) is 0 Å². The summed E-state index contributed by atoms with van der Waals surface area (Å²) in [5.74, 6) is 0.402. The van der Waals surface area contributed by atoms with Crippen molar-refractivity contribution in [3.05, 3.63) is 47.7 Å². The zero-order valence-corrected chi connectivity index (χ0v) is 12.0. The molecule has 21 heavy (non-hydrogen) atoms. The van der Waals surface area contributed by atoms with Crippen molar-refractivity contribution in [1.82, 2.24) is 10.3 Å². The van der Waals surface area contributed by atoms with Gasteiger partial charge in [-0.05, 0) is 23.8 Å². The molecule has 0 spiro atoms.